The van der Waals surface area contributed by atoms with Gasteiger partial charge in [0.1, 0.15) is 0 Å². The Kier molecular flexibility index (Phi) is 7.28. The minimum atomic E-state index is -0.591. The third-order valence-electron chi connectivity index (χ3n) is 5.33. The summed E-state index contributed by atoms with van der Waals surface area (Å²) in [5.41, 5.74) is 6.08. The van der Waals surface area contributed by atoms with E-state index in [1.807, 2.05) is 31.2 Å². The van der Waals surface area contributed by atoms with Gasteiger partial charge < -0.3 is 15.5 Å². The molecule has 3 rings (SSSR count). The van der Waals surface area contributed by atoms with E-state index in [9.17, 15) is 9.59 Å². The third kappa shape index (κ3) is 5.83. The number of nitrogens with one attached hydrogen (secondary N) is 2. The number of anilines is 1. The number of benzene rings is 2. The van der Waals surface area contributed by atoms with Gasteiger partial charge in [0.2, 0.25) is 0 Å². The summed E-state index contributed by atoms with van der Waals surface area (Å²) in [7, 11) is 0. The molecule has 1 aliphatic rings. The quantitative estimate of drug-likeness (QED) is 0.711. The van der Waals surface area contributed by atoms with Gasteiger partial charge in [-0.1, -0.05) is 48.9 Å². The van der Waals surface area contributed by atoms with Crippen LogP contribution in [-0.2, 0) is 29.0 Å². The minimum Gasteiger partial charge on any atom is -0.371 e. The SMILES string of the molecule is CCCN1CCCc2cc(CCNC(=O)C(=O)NCc3ccc(C)cc3)ccc21. The number of nitrogens with zero attached hydrogens (tertiary/aromatic N) is 1. The lowest BCUT2D eigenvalue weighted by Gasteiger charge is -2.31. The second-order valence-electron chi connectivity index (χ2n) is 7.73. The zero-order valence-corrected chi connectivity index (χ0v) is 17.5. The molecular formula is C24H31N3O2. The van der Waals surface area contributed by atoms with Gasteiger partial charge in [0.05, 0.1) is 0 Å². The van der Waals surface area contributed by atoms with Gasteiger partial charge >= 0.3 is 11.8 Å². The van der Waals surface area contributed by atoms with Crippen molar-refractivity contribution in [3.63, 3.8) is 0 Å². The van der Waals surface area contributed by atoms with Crippen LogP contribution in [-0.4, -0.2) is 31.4 Å². The fourth-order valence-electron chi connectivity index (χ4n) is 3.76. The Hall–Kier alpha value is -2.82. The maximum atomic E-state index is 12.0. The van der Waals surface area contributed by atoms with Crippen molar-refractivity contribution in [2.45, 2.75) is 46.1 Å². The van der Waals surface area contributed by atoms with E-state index in [1.54, 1.807) is 0 Å². The lowest BCUT2D eigenvalue weighted by molar-refractivity contribution is -0.139. The zero-order chi connectivity index (χ0) is 20.6. The molecule has 2 aromatic carbocycles. The number of carbonyl (C=O) groups is 2. The van der Waals surface area contributed by atoms with E-state index < -0.39 is 11.8 Å². The second kappa shape index (κ2) is 10.1. The molecule has 0 fully saturated rings. The molecule has 0 atom stereocenters. The first-order valence-electron chi connectivity index (χ1n) is 10.5. The number of hydrogen-bond acceptors (Lipinski definition) is 3. The van der Waals surface area contributed by atoms with Crippen molar-refractivity contribution in [1.82, 2.24) is 10.6 Å². The van der Waals surface area contributed by atoms with Crippen LogP contribution in [0.3, 0.4) is 0 Å². The number of aryl methyl sites for hydroxylation is 2. The van der Waals surface area contributed by atoms with E-state index in [0.29, 0.717) is 13.1 Å². The van der Waals surface area contributed by atoms with Gasteiger partial charge in [-0.2, -0.15) is 0 Å². The summed E-state index contributed by atoms with van der Waals surface area (Å²) in [6, 6.07) is 14.5. The molecule has 0 radical (unpaired) electrons. The molecule has 154 valence electrons. The molecule has 0 aliphatic carbocycles. The average Bonchev–Trinajstić information content (AvgIpc) is 2.73. The molecule has 5 nitrogen and oxygen atoms in total. The smallest absolute Gasteiger partial charge is 0.309 e. The summed E-state index contributed by atoms with van der Waals surface area (Å²) in [6.45, 7) is 7.26. The molecule has 29 heavy (non-hydrogen) atoms. The lowest BCUT2D eigenvalue weighted by atomic mass is 9.98. The predicted molar refractivity (Wildman–Crippen MR) is 117 cm³/mol. The third-order valence-corrected chi connectivity index (χ3v) is 5.33. The standard InChI is InChI=1S/C24H31N3O2/c1-3-14-27-15-4-5-21-16-19(10-11-22(21)27)12-13-25-23(28)24(29)26-17-20-8-6-18(2)7-9-20/h6-11,16H,3-5,12-15,17H2,1-2H3,(H,25,28)(H,26,29). The molecule has 0 spiro atoms. The van der Waals surface area contributed by atoms with E-state index >= 15 is 0 Å². The van der Waals surface area contributed by atoms with Crippen LogP contribution >= 0.6 is 0 Å². The highest BCUT2D eigenvalue weighted by Gasteiger charge is 2.17. The lowest BCUT2D eigenvalue weighted by Crippen LogP contribution is -2.40. The largest absolute Gasteiger partial charge is 0.371 e. The fourth-order valence-corrected chi connectivity index (χ4v) is 3.76. The Morgan fingerprint density at radius 3 is 2.48 bits per heavy atom. The Balaban J connectivity index is 1.45. The van der Waals surface area contributed by atoms with Gasteiger partial charge in [-0.25, -0.2) is 0 Å². The van der Waals surface area contributed by atoms with Gasteiger partial charge in [-0.05, 0) is 55.4 Å². The maximum absolute atomic E-state index is 12.0. The van der Waals surface area contributed by atoms with E-state index in [-0.39, 0.29) is 0 Å². The number of amides is 2. The van der Waals surface area contributed by atoms with Gasteiger partial charge in [0.15, 0.2) is 0 Å². The first-order valence-corrected chi connectivity index (χ1v) is 10.5. The summed E-state index contributed by atoms with van der Waals surface area (Å²) in [4.78, 5) is 26.5. The van der Waals surface area contributed by atoms with E-state index in [2.05, 4.69) is 40.7 Å². The van der Waals surface area contributed by atoms with Crippen LogP contribution in [0.2, 0.25) is 0 Å². The molecule has 5 heteroatoms. The molecule has 0 unspecified atom stereocenters. The Bertz CT molecular complexity index is 846. The topological polar surface area (TPSA) is 61.4 Å². The highest BCUT2D eigenvalue weighted by atomic mass is 16.2. The highest BCUT2D eigenvalue weighted by molar-refractivity contribution is 6.35. The monoisotopic (exact) mass is 393 g/mol. The second-order valence-corrected chi connectivity index (χ2v) is 7.73. The van der Waals surface area contributed by atoms with Crippen LogP contribution in [0.5, 0.6) is 0 Å². The summed E-state index contributed by atoms with van der Waals surface area (Å²) in [5.74, 6) is -1.17. The van der Waals surface area contributed by atoms with E-state index in [4.69, 9.17) is 0 Å². The zero-order valence-electron chi connectivity index (χ0n) is 17.5. The molecule has 0 saturated carbocycles. The minimum absolute atomic E-state index is 0.353. The van der Waals surface area contributed by atoms with Crippen LogP contribution in [0.4, 0.5) is 5.69 Å². The Labute approximate surface area is 173 Å². The predicted octanol–water partition coefficient (Wildman–Crippen LogP) is 3.13. The van der Waals surface area contributed by atoms with Gasteiger partial charge in [-0.15, -0.1) is 0 Å². The normalized spacial score (nSPS) is 13.0. The highest BCUT2D eigenvalue weighted by Crippen LogP contribution is 2.28. The first-order chi connectivity index (χ1) is 14.1. The molecule has 1 heterocycles. The number of rotatable bonds is 7. The van der Waals surface area contributed by atoms with Crippen molar-refractivity contribution in [2.24, 2.45) is 0 Å². The summed E-state index contributed by atoms with van der Waals surface area (Å²) >= 11 is 0. The van der Waals surface area contributed by atoms with Crippen LogP contribution < -0.4 is 15.5 Å². The van der Waals surface area contributed by atoms with Crippen molar-refractivity contribution < 1.29 is 9.59 Å². The summed E-state index contributed by atoms with van der Waals surface area (Å²) < 4.78 is 0. The molecule has 1 aliphatic heterocycles. The molecule has 0 saturated heterocycles. The molecule has 0 aromatic heterocycles. The van der Waals surface area contributed by atoms with Crippen LogP contribution in [0.1, 0.15) is 42.0 Å². The molecule has 2 aromatic rings. The molecular weight excluding hydrogens is 362 g/mol. The average molecular weight is 394 g/mol. The van der Waals surface area contributed by atoms with Crippen LogP contribution in [0, 0.1) is 6.92 Å². The van der Waals surface area contributed by atoms with E-state index in [1.165, 1.54) is 23.2 Å². The molecule has 2 N–H and O–H groups in total. The van der Waals surface area contributed by atoms with Crippen molar-refractivity contribution in [3.8, 4) is 0 Å². The number of carbonyl (C=O) groups excluding carboxylic acids is 2. The van der Waals surface area contributed by atoms with Crippen molar-refractivity contribution in [3.05, 3.63) is 64.7 Å². The summed E-state index contributed by atoms with van der Waals surface area (Å²) in [6.07, 6.45) is 4.17. The van der Waals surface area contributed by atoms with Crippen molar-refractivity contribution >= 4 is 17.5 Å². The summed E-state index contributed by atoms with van der Waals surface area (Å²) in [5, 5.41) is 5.39. The van der Waals surface area contributed by atoms with Crippen molar-refractivity contribution in [2.75, 3.05) is 24.5 Å². The fraction of sp³-hybridized carbons (Fsp3) is 0.417. The maximum Gasteiger partial charge on any atom is 0.309 e. The van der Waals surface area contributed by atoms with E-state index in [0.717, 1.165) is 43.5 Å². The van der Waals surface area contributed by atoms with Crippen molar-refractivity contribution in [1.29, 1.82) is 0 Å². The first kappa shape index (κ1) is 20.9. The van der Waals surface area contributed by atoms with Crippen LogP contribution in [0.15, 0.2) is 42.5 Å². The Morgan fingerprint density at radius 1 is 1.00 bits per heavy atom. The molecule has 0 bridgehead atoms. The number of fused-ring (bicyclic) bond motifs is 1. The Morgan fingerprint density at radius 2 is 1.72 bits per heavy atom. The van der Waals surface area contributed by atoms with Gasteiger partial charge in [0.25, 0.3) is 0 Å². The van der Waals surface area contributed by atoms with Gasteiger partial charge in [0, 0.05) is 31.9 Å². The number of hydrogen-bond donors (Lipinski definition) is 2. The van der Waals surface area contributed by atoms with Gasteiger partial charge in [-0.3, -0.25) is 9.59 Å². The molecule has 2 amide bonds. The van der Waals surface area contributed by atoms with Crippen LogP contribution in [0.25, 0.3) is 0 Å².